The number of hydrogen-bond acceptors (Lipinski definition) is 4. The Labute approximate surface area is 144 Å². The van der Waals surface area contributed by atoms with E-state index in [0.29, 0.717) is 0 Å². The van der Waals surface area contributed by atoms with Crippen LogP contribution in [0, 0.1) is 0 Å². The third-order valence-corrected chi connectivity index (χ3v) is 0. The largest absolute Gasteiger partial charge is 1.00 e. The molecule has 0 spiro atoms. The molecule has 0 heterocycles. The molecule has 15 heteroatoms. The van der Waals surface area contributed by atoms with Crippen LogP contribution in [0.2, 0.25) is 0 Å². The van der Waals surface area contributed by atoms with E-state index in [4.69, 9.17) is 23.2 Å². The summed E-state index contributed by atoms with van der Waals surface area (Å²) in [5.41, 5.74) is 0. The van der Waals surface area contributed by atoms with Crippen LogP contribution in [-0.4, -0.2) is 62.7 Å². The molecule has 0 aromatic rings. The van der Waals surface area contributed by atoms with Gasteiger partial charge in [-0.2, -0.15) is 0 Å². The minimum Gasteiger partial charge on any atom is -0.784 e. The molecule has 0 aromatic heterocycles. The Morgan fingerprint density at radius 2 is 0.882 bits per heavy atom. The van der Waals surface area contributed by atoms with E-state index in [1.54, 1.807) is 0 Å². The summed E-state index contributed by atoms with van der Waals surface area (Å²) in [4.78, 5) is 9.00. The van der Waals surface area contributed by atoms with Crippen molar-refractivity contribution in [2.45, 2.75) is 6.92 Å². The fraction of sp³-hybridized carbons (Fsp3) is 0.500. The molecule has 12 nitrogen and oxygen atoms in total. The van der Waals surface area contributed by atoms with Gasteiger partial charge in [-0.05, 0) is 0 Å². The first-order valence-electron chi connectivity index (χ1n) is 1.43. The van der Waals surface area contributed by atoms with Gasteiger partial charge in [0, 0.05) is 6.92 Å². The van der Waals surface area contributed by atoms with Crippen molar-refractivity contribution in [2.75, 3.05) is 0 Å². The first-order valence-corrected chi connectivity index (χ1v) is 2.43. The molecular formula is C2H18Na2O12S. The first kappa shape index (κ1) is 103. The van der Waals surface area contributed by atoms with Crippen LogP contribution in [0.4, 0.5) is 0 Å². The molecule has 0 saturated heterocycles. The van der Waals surface area contributed by atoms with Crippen LogP contribution >= 0.6 is 0 Å². The third kappa shape index (κ3) is 2530. The zero-order valence-corrected chi connectivity index (χ0v) is 14.3. The van der Waals surface area contributed by atoms with Crippen LogP contribution in [0.15, 0.2) is 0 Å². The summed E-state index contributed by atoms with van der Waals surface area (Å²) in [5, 5.41) is 7.42. The maximum absolute atomic E-state index is 9.00. The minimum atomic E-state index is -3.11. The molecule has 0 unspecified atom stereocenters. The molecule has 0 atom stereocenters. The molecule has 0 aliphatic carbocycles. The summed E-state index contributed by atoms with van der Waals surface area (Å²) in [5.74, 6) is -0.833. The van der Waals surface area contributed by atoms with Gasteiger partial charge in [-0.3, -0.25) is 9.00 Å². The normalized spacial score (nSPS) is 3.53. The van der Waals surface area contributed by atoms with Gasteiger partial charge in [0.05, 0.1) is 0 Å². The quantitative estimate of drug-likeness (QED) is 0.335. The van der Waals surface area contributed by atoms with Gasteiger partial charge in [0.15, 0.2) is 0 Å². The predicted octanol–water partition coefficient (Wildman–Crippen LogP) is -12.7. The van der Waals surface area contributed by atoms with Gasteiger partial charge < -0.3 is 52.5 Å². The predicted molar refractivity (Wildman–Crippen MR) is 48.3 cm³/mol. The van der Waals surface area contributed by atoms with E-state index in [1.807, 2.05) is 0 Å². The number of carboxylic acids is 1. The maximum atomic E-state index is 9.00. The summed E-state index contributed by atoms with van der Waals surface area (Å²) in [6, 6.07) is 0. The molecule has 0 rings (SSSR count). The molecule has 0 aliphatic heterocycles. The van der Waals surface area contributed by atoms with E-state index in [0.717, 1.165) is 6.92 Å². The number of hydrogen-bond donors (Lipinski definition) is 1. The Hall–Kier alpha value is 1.26. The molecule has 106 valence electrons. The van der Waals surface area contributed by atoms with E-state index in [9.17, 15) is 0 Å². The van der Waals surface area contributed by atoms with Gasteiger partial charge in [-0.15, -0.1) is 11.4 Å². The van der Waals surface area contributed by atoms with Crippen LogP contribution < -0.4 is 59.1 Å². The summed E-state index contributed by atoms with van der Waals surface area (Å²) in [6.45, 7) is 1.08. The van der Waals surface area contributed by atoms with E-state index < -0.39 is 17.3 Å². The monoisotopic (exact) mass is 312 g/mol. The summed E-state index contributed by atoms with van der Waals surface area (Å²) < 4.78 is 25.3. The van der Waals surface area contributed by atoms with Crippen molar-refractivity contribution in [1.29, 1.82) is 0 Å². The summed E-state index contributed by atoms with van der Waals surface area (Å²) in [7, 11) is 0. The van der Waals surface area contributed by atoms with Gasteiger partial charge in [-0.25, -0.2) is 0 Å². The number of carboxylic acid groups (broad SMARTS) is 1. The van der Waals surface area contributed by atoms with Crippen molar-refractivity contribution in [1.82, 2.24) is 0 Å². The average Bonchev–Trinajstić information content (AvgIpc) is 1.25. The molecular weight excluding hydrogens is 294 g/mol. The van der Waals surface area contributed by atoms with Gasteiger partial charge in [0.25, 0.3) is 5.97 Å². The van der Waals surface area contributed by atoms with Crippen molar-refractivity contribution in [3.63, 3.8) is 0 Å². The van der Waals surface area contributed by atoms with Crippen molar-refractivity contribution < 1.29 is 121 Å². The van der Waals surface area contributed by atoms with Crippen LogP contribution in [0.25, 0.3) is 0 Å². The van der Waals surface area contributed by atoms with Gasteiger partial charge >= 0.3 is 59.1 Å². The van der Waals surface area contributed by atoms with E-state index in [-0.39, 0.29) is 97.4 Å². The Morgan fingerprint density at radius 1 is 0.882 bits per heavy atom. The summed E-state index contributed by atoms with van der Waals surface area (Å²) in [6.07, 6.45) is 0. The third-order valence-electron chi connectivity index (χ3n) is 0. The van der Waals surface area contributed by atoms with Gasteiger partial charge in [-0.1, -0.05) is 0 Å². The van der Waals surface area contributed by atoms with E-state index in [2.05, 4.69) is 0 Å². The Kier molecular flexibility index (Phi) is 526. The molecule has 0 aliphatic rings. The van der Waals surface area contributed by atoms with Crippen LogP contribution in [0.5, 0.6) is 0 Å². The smallest absolute Gasteiger partial charge is 0.784 e. The van der Waals surface area contributed by atoms with Crippen molar-refractivity contribution in [3.05, 3.63) is 0 Å². The number of rotatable bonds is 0. The van der Waals surface area contributed by atoms with Gasteiger partial charge in [0.2, 0.25) is 0 Å². The molecule has 0 saturated carbocycles. The first-order chi connectivity index (χ1) is 3.46. The van der Waals surface area contributed by atoms with Crippen molar-refractivity contribution in [2.24, 2.45) is 0 Å². The second-order valence-corrected chi connectivity index (χ2v) is 1.13. The molecule has 17 heavy (non-hydrogen) atoms. The zero-order valence-electron chi connectivity index (χ0n) is 9.49. The van der Waals surface area contributed by atoms with Crippen molar-refractivity contribution >= 4 is 17.3 Å². The minimum absolute atomic E-state index is 0. The van der Waals surface area contributed by atoms with E-state index in [1.165, 1.54) is 0 Å². The molecule has 0 bridgehead atoms. The van der Waals surface area contributed by atoms with Crippen LogP contribution in [0.3, 0.4) is 0 Å². The molecule has 0 radical (unpaired) electrons. The Morgan fingerprint density at radius 3 is 0.882 bits per heavy atom. The second-order valence-electron chi connectivity index (χ2n) is 0.723. The van der Waals surface area contributed by atoms with Crippen LogP contribution in [-0.2, 0) is 16.2 Å². The Bertz CT molecular complexity index is 80.5. The van der Waals surface area contributed by atoms with E-state index >= 15 is 0 Å². The standard InChI is InChI=1S/C2H4O2.2Na.H2O3S.7H2O/c1-2(3)4;;;1-4(2)3;;;;;;;/h1H3,(H,3,4);;;(H2,1,2,3);7*1H2/q;2*+1;;;;;;;;/p-2. The number of aliphatic carboxylic acids is 1. The SMILES string of the molecule is CC(=O)O.O.O.O.O.O.O.O.O=S([O-])[O-].[Na+].[Na+]. The molecule has 0 fully saturated rings. The van der Waals surface area contributed by atoms with Gasteiger partial charge in [0.1, 0.15) is 0 Å². The maximum Gasteiger partial charge on any atom is 1.00 e. The average molecular weight is 312 g/mol. The number of carbonyl (C=O) groups is 1. The topological polar surface area (TPSA) is 321 Å². The Balaban J connectivity index is -0.00000000308. The fourth-order valence-corrected chi connectivity index (χ4v) is 0. The molecule has 0 amide bonds. The summed E-state index contributed by atoms with van der Waals surface area (Å²) >= 11 is -3.11. The van der Waals surface area contributed by atoms with Crippen molar-refractivity contribution in [3.8, 4) is 0 Å². The fourth-order valence-electron chi connectivity index (χ4n) is 0. The second kappa shape index (κ2) is 86.6. The molecule has 0 aromatic carbocycles. The molecule has 15 N–H and O–H groups in total. The van der Waals surface area contributed by atoms with Crippen LogP contribution in [0.1, 0.15) is 6.92 Å². The zero-order chi connectivity index (χ0) is 7.15.